The molecule has 3 aromatic carbocycles. The predicted octanol–water partition coefficient (Wildman–Crippen LogP) is 5.78. The highest BCUT2D eigenvalue weighted by Gasteiger charge is 2.67. The summed E-state index contributed by atoms with van der Waals surface area (Å²) in [6.07, 6.45) is 3.77. The molecule has 1 fully saturated rings. The Morgan fingerprint density at radius 3 is 2.49 bits per heavy atom. The lowest BCUT2D eigenvalue weighted by Gasteiger charge is -2.36. The number of rotatable bonds is 6. The SMILES string of the molecule is CCOC(=O)[C@@]1(C#N)[C@@H](c2ccccc2)[C@@H](C(=O)c2ccc(OC)c(Br)c2)N2c3ccccc3C=C[C@@H]21. The first-order valence-electron chi connectivity index (χ1n) is 12.0. The number of halogens is 1. The predicted molar refractivity (Wildman–Crippen MR) is 144 cm³/mol. The number of ether oxygens (including phenoxy) is 2. The minimum atomic E-state index is -1.65. The first-order chi connectivity index (χ1) is 18.0. The van der Waals surface area contributed by atoms with Crippen molar-refractivity contribution in [2.75, 3.05) is 18.6 Å². The summed E-state index contributed by atoms with van der Waals surface area (Å²) in [5.41, 5.74) is 1.23. The van der Waals surface area contributed by atoms with Crippen LogP contribution in [-0.2, 0) is 9.53 Å². The van der Waals surface area contributed by atoms with E-state index in [-0.39, 0.29) is 12.4 Å². The average Bonchev–Trinajstić information content (AvgIpc) is 3.25. The number of nitriles is 1. The molecule has 0 radical (unpaired) electrons. The number of esters is 1. The van der Waals surface area contributed by atoms with Crippen LogP contribution in [0.25, 0.3) is 6.08 Å². The second-order valence-electron chi connectivity index (χ2n) is 9.02. The van der Waals surface area contributed by atoms with Crippen LogP contribution in [0.3, 0.4) is 0 Å². The van der Waals surface area contributed by atoms with Crippen molar-refractivity contribution in [3.05, 3.63) is 100 Å². The lowest BCUT2D eigenvalue weighted by molar-refractivity contribution is -0.152. The van der Waals surface area contributed by atoms with Gasteiger partial charge in [0, 0.05) is 17.2 Å². The molecule has 0 aliphatic carbocycles. The monoisotopic (exact) mass is 556 g/mol. The van der Waals surface area contributed by atoms with E-state index in [1.54, 1.807) is 32.2 Å². The van der Waals surface area contributed by atoms with Crippen LogP contribution in [0, 0.1) is 16.7 Å². The molecule has 2 aliphatic heterocycles. The van der Waals surface area contributed by atoms with Crippen molar-refractivity contribution in [3.63, 3.8) is 0 Å². The molecule has 5 rings (SSSR count). The third kappa shape index (κ3) is 3.84. The van der Waals surface area contributed by atoms with Gasteiger partial charge in [-0.3, -0.25) is 9.59 Å². The smallest absolute Gasteiger partial charge is 0.329 e. The van der Waals surface area contributed by atoms with Crippen molar-refractivity contribution < 1.29 is 19.1 Å². The number of para-hydroxylation sites is 1. The summed E-state index contributed by atoms with van der Waals surface area (Å²) in [6, 6.07) is 23.0. The van der Waals surface area contributed by atoms with Crippen molar-refractivity contribution >= 4 is 39.4 Å². The van der Waals surface area contributed by atoms with Crippen LogP contribution in [0.4, 0.5) is 5.69 Å². The number of fused-ring (bicyclic) bond motifs is 3. The van der Waals surface area contributed by atoms with Crippen molar-refractivity contribution in [1.82, 2.24) is 0 Å². The van der Waals surface area contributed by atoms with E-state index in [1.807, 2.05) is 71.6 Å². The third-order valence-corrected chi connectivity index (χ3v) is 7.83. The molecule has 37 heavy (non-hydrogen) atoms. The van der Waals surface area contributed by atoms with Crippen molar-refractivity contribution in [3.8, 4) is 11.8 Å². The summed E-state index contributed by atoms with van der Waals surface area (Å²) < 4.78 is 11.5. The number of methoxy groups -OCH3 is 1. The highest BCUT2D eigenvalue weighted by molar-refractivity contribution is 9.10. The fraction of sp³-hybridized carbons (Fsp3) is 0.233. The maximum Gasteiger partial charge on any atom is 0.329 e. The summed E-state index contributed by atoms with van der Waals surface area (Å²) in [5.74, 6) is -1.01. The number of ketones is 1. The molecule has 1 saturated heterocycles. The molecule has 0 aromatic heterocycles. The van der Waals surface area contributed by atoms with E-state index < -0.39 is 29.4 Å². The lowest BCUT2D eigenvalue weighted by Crippen LogP contribution is -2.47. The molecule has 3 aromatic rings. The van der Waals surface area contributed by atoms with Gasteiger partial charge in [-0.25, -0.2) is 0 Å². The minimum Gasteiger partial charge on any atom is -0.496 e. The number of benzene rings is 3. The maximum absolute atomic E-state index is 14.4. The van der Waals surface area contributed by atoms with Gasteiger partial charge in [0.1, 0.15) is 11.8 Å². The molecule has 7 heteroatoms. The van der Waals surface area contributed by atoms with Gasteiger partial charge in [0.15, 0.2) is 11.2 Å². The quantitative estimate of drug-likeness (QED) is 0.283. The van der Waals surface area contributed by atoms with Gasteiger partial charge in [-0.15, -0.1) is 0 Å². The van der Waals surface area contributed by atoms with E-state index in [4.69, 9.17) is 9.47 Å². The Morgan fingerprint density at radius 1 is 1.08 bits per heavy atom. The van der Waals surface area contributed by atoms with Crippen LogP contribution in [0.1, 0.15) is 34.3 Å². The molecule has 0 spiro atoms. The Balaban J connectivity index is 1.79. The van der Waals surface area contributed by atoms with Crippen LogP contribution in [0.5, 0.6) is 5.75 Å². The van der Waals surface area contributed by atoms with Gasteiger partial charge in [0.25, 0.3) is 0 Å². The van der Waals surface area contributed by atoms with Gasteiger partial charge < -0.3 is 14.4 Å². The number of Topliss-reactive ketones (excluding diaryl/α,β-unsaturated/α-hetero) is 1. The maximum atomic E-state index is 14.4. The zero-order chi connectivity index (χ0) is 26.2. The molecular weight excluding hydrogens is 532 g/mol. The van der Waals surface area contributed by atoms with E-state index in [0.717, 1.165) is 16.8 Å². The van der Waals surface area contributed by atoms with Crippen molar-refractivity contribution in [2.45, 2.75) is 24.9 Å². The fourth-order valence-corrected chi connectivity index (χ4v) is 6.18. The zero-order valence-corrected chi connectivity index (χ0v) is 22.0. The van der Waals surface area contributed by atoms with E-state index in [0.29, 0.717) is 15.8 Å². The number of carbonyl (C=O) groups is 2. The van der Waals surface area contributed by atoms with Crippen LogP contribution < -0.4 is 9.64 Å². The zero-order valence-electron chi connectivity index (χ0n) is 20.4. The van der Waals surface area contributed by atoms with Crippen LogP contribution in [-0.4, -0.2) is 37.6 Å². The Morgan fingerprint density at radius 2 is 1.81 bits per heavy atom. The molecule has 2 aliphatic rings. The van der Waals surface area contributed by atoms with Gasteiger partial charge in [0.05, 0.1) is 30.3 Å². The molecule has 4 atom stereocenters. The number of hydrogen-bond acceptors (Lipinski definition) is 6. The fourth-order valence-electron chi connectivity index (χ4n) is 5.64. The first kappa shape index (κ1) is 24.8. The number of nitrogens with zero attached hydrogens (tertiary/aromatic N) is 2. The summed E-state index contributed by atoms with van der Waals surface area (Å²) >= 11 is 3.49. The summed E-state index contributed by atoms with van der Waals surface area (Å²) in [4.78, 5) is 30.1. The molecule has 0 N–H and O–H groups in total. The van der Waals surface area contributed by atoms with Gasteiger partial charge in [-0.2, -0.15) is 5.26 Å². The van der Waals surface area contributed by atoms with Gasteiger partial charge in [0.2, 0.25) is 0 Å². The van der Waals surface area contributed by atoms with Crippen molar-refractivity contribution in [2.24, 2.45) is 5.41 Å². The molecule has 0 bridgehead atoms. The van der Waals surface area contributed by atoms with E-state index >= 15 is 0 Å². The Bertz CT molecular complexity index is 1430. The highest BCUT2D eigenvalue weighted by atomic mass is 79.9. The van der Waals surface area contributed by atoms with Gasteiger partial charge >= 0.3 is 5.97 Å². The molecular formula is C30H25BrN2O4. The van der Waals surface area contributed by atoms with Crippen molar-refractivity contribution in [1.29, 1.82) is 5.26 Å². The van der Waals surface area contributed by atoms with E-state index in [1.165, 1.54) is 0 Å². The number of hydrogen-bond donors (Lipinski definition) is 0. The summed E-state index contributed by atoms with van der Waals surface area (Å²) in [6.45, 7) is 1.84. The number of carbonyl (C=O) groups excluding carboxylic acids is 2. The van der Waals surface area contributed by atoms with Gasteiger partial charge in [-0.05, 0) is 58.2 Å². The van der Waals surface area contributed by atoms with E-state index in [2.05, 4.69) is 22.0 Å². The molecule has 0 unspecified atom stereocenters. The molecule has 0 amide bonds. The van der Waals surface area contributed by atoms with E-state index in [9.17, 15) is 14.9 Å². The summed E-state index contributed by atoms with van der Waals surface area (Å²) in [7, 11) is 1.56. The molecule has 6 nitrogen and oxygen atoms in total. The first-order valence-corrected chi connectivity index (χ1v) is 12.8. The Hall–Kier alpha value is -3.89. The van der Waals surface area contributed by atoms with Crippen LogP contribution in [0.2, 0.25) is 0 Å². The average molecular weight is 557 g/mol. The minimum absolute atomic E-state index is 0.126. The van der Waals surface area contributed by atoms with Gasteiger partial charge in [-0.1, -0.05) is 60.7 Å². The largest absolute Gasteiger partial charge is 0.496 e. The second kappa shape index (κ2) is 9.87. The standard InChI is InChI=1S/C30H25BrN2O4/c1-3-37-29(35)30(18-32)25-16-14-19-9-7-8-12-23(19)33(25)27(26(30)20-10-5-4-6-11-20)28(34)21-13-15-24(36-2)22(31)17-21/h4-17,25-27H,3H2,1-2H3/t25-,26+,27+,30-/m1/s1. The normalized spacial score (nSPS) is 23.5. The Kier molecular flexibility index (Phi) is 6.61. The molecule has 2 heterocycles. The summed E-state index contributed by atoms with van der Waals surface area (Å²) in [5, 5.41) is 10.8. The topological polar surface area (TPSA) is 79.6 Å². The van der Waals surface area contributed by atoms with Crippen LogP contribution >= 0.6 is 15.9 Å². The van der Waals surface area contributed by atoms with Crippen LogP contribution in [0.15, 0.2) is 83.3 Å². The highest BCUT2D eigenvalue weighted by Crippen LogP contribution is 2.56. The molecule has 186 valence electrons. The Labute approximate surface area is 224 Å². The second-order valence-corrected chi connectivity index (χ2v) is 9.87. The third-order valence-electron chi connectivity index (χ3n) is 7.21. The lowest BCUT2D eigenvalue weighted by atomic mass is 9.68. The molecule has 0 saturated carbocycles. The number of anilines is 1.